The maximum Gasteiger partial charge on any atom is 0.301 e. The minimum Gasteiger partial charge on any atom is -0.507 e. The SMILES string of the molecule is Cc1ccc(/C(O)=C2/C(=O)C(=O)N(c3nnc(SCc4ccc(Cl)cc4)s3)C2c2ccc(C)cc2)cc1. The number of benzene rings is 3. The van der Waals surface area contributed by atoms with Crippen molar-refractivity contribution in [3.63, 3.8) is 0 Å². The summed E-state index contributed by atoms with van der Waals surface area (Å²) in [6.07, 6.45) is 0. The third kappa shape index (κ3) is 5.18. The normalized spacial score (nSPS) is 16.9. The first kappa shape index (κ1) is 25.2. The number of ketones is 1. The Labute approximate surface area is 227 Å². The van der Waals surface area contributed by atoms with Crippen LogP contribution in [-0.2, 0) is 15.3 Å². The Hall–Kier alpha value is -3.46. The minimum absolute atomic E-state index is 0.0308. The van der Waals surface area contributed by atoms with Crippen LogP contribution in [-0.4, -0.2) is 27.0 Å². The van der Waals surface area contributed by atoms with Crippen molar-refractivity contribution in [1.82, 2.24) is 10.2 Å². The Balaban J connectivity index is 1.53. The van der Waals surface area contributed by atoms with Gasteiger partial charge in [0.25, 0.3) is 5.78 Å². The standard InChI is InChI=1S/C28H22ClN3O3S2/c1-16-3-9-19(10-4-16)23-22(24(33)20-11-5-17(2)6-12-20)25(34)26(35)32(23)27-30-31-28(37-27)36-15-18-7-13-21(29)14-8-18/h3-14,23,33H,15H2,1-2H3/b24-22-. The fourth-order valence-electron chi connectivity index (χ4n) is 4.04. The summed E-state index contributed by atoms with van der Waals surface area (Å²) in [5, 5.41) is 20.7. The molecule has 1 fully saturated rings. The van der Waals surface area contributed by atoms with Crippen LogP contribution in [0.3, 0.4) is 0 Å². The third-order valence-corrected chi connectivity index (χ3v) is 8.42. The number of hydrogen-bond donors (Lipinski definition) is 1. The van der Waals surface area contributed by atoms with E-state index in [2.05, 4.69) is 10.2 Å². The second kappa shape index (κ2) is 10.5. The van der Waals surface area contributed by atoms with Gasteiger partial charge in [0.1, 0.15) is 5.76 Å². The zero-order valence-corrected chi connectivity index (χ0v) is 22.4. The molecule has 4 aromatic rings. The molecule has 1 aliphatic rings. The van der Waals surface area contributed by atoms with Crippen molar-refractivity contribution in [2.75, 3.05) is 4.90 Å². The number of nitrogens with zero attached hydrogens (tertiary/aromatic N) is 3. The molecular formula is C28H22ClN3O3S2. The fourth-order valence-corrected chi connectivity index (χ4v) is 5.99. The number of aliphatic hydroxyl groups is 1. The summed E-state index contributed by atoms with van der Waals surface area (Å²) in [7, 11) is 0. The number of hydrogen-bond acceptors (Lipinski definition) is 7. The third-order valence-electron chi connectivity index (χ3n) is 6.04. The molecule has 0 saturated carbocycles. The highest BCUT2D eigenvalue weighted by Gasteiger charge is 2.48. The quantitative estimate of drug-likeness (QED) is 0.0947. The molecule has 1 atom stereocenters. The summed E-state index contributed by atoms with van der Waals surface area (Å²) >= 11 is 8.69. The largest absolute Gasteiger partial charge is 0.507 e. The second-order valence-electron chi connectivity index (χ2n) is 8.71. The van der Waals surface area contributed by atoms with Gasteiger partial charge in [0.15, 0.2) is 4.34 Å². The van der Waals surface area contributed by atoms with Crippen LogP contribution in [0.1, 0.15) is 33.9 Å². The molecule has 2 heterocycles. The molecule has 1 saturated heterocycles. The Morgan fingerprint density at radius 2 is 1.57 bits per heavy atom. The van der Waals surface area contributed by atoms with Gasteiger partial charge in [0.05, 0.1) is 11.6 Å². The van der Waals surface area contributed by atoms with E-state index in [4.69, 9.17) is 11.6 Å². The van der Waals surface area contributed by atoms with Crippen molar-refractivity contribution in [3.05, 3.63) is 111 Å². The van der Waals surface area contributed by atoms with E-state index in [1.165, 1.54) is 28.0 Å². The summed E-state index contributed by atoms with van der Waals surface area (Å²) < 4.78 is 0.660. The van der Waals surface area contributed by atoms with Gasteiger partial charge in [-0.2, -0.15) is 0 Å². The van der Waals surface area contributed by atoms with Crippen LogP contribution < -0.4 is 4.90 Å². The zero-order chi connectivity index (χ0) is 26.1. The van der Waals surface area contributed by atoms with Crippen molar-refractivity contribution in [2.45, 2.75) is 30.0 Å². The number of amides is 1. The number of halogens is 1. The average molecular weight is 548 g/mol. The molecular weight excluding hydrogens is 526 g/mol. The molecule has 1 aliphatic heterocycles. The van der Waals surface area contributed by atoms with E-state index in [9.17, 15) is 14.7 Å². The molecule has 37 heavy (non-hydrogen) atoms. The average Bonchev–Trinajstić information content (AvgIpc) is 3.46. The molecule has 1 amide bonds. The number of anilines is 1. The van der Waals surface area contributed by atoms with Gasteiger partial charge in [0.2, 0.25) is 5.13 Å². The summed E-state index contributed by atoms with van der Waals surface area (Å²) in [4.78, 5) is 28.0. The number of rotatable bonds is 6. The van der Waals surface area contributed by atoms with Gasteiger partial charge in [-0.3, -0.25) is 14.5 Å². The van der Waals surface area contributed by atoms with E-state index in [1.807, 2.05) is 74.5 Å². The summed E-state index contributed by atoms with van der Waals surface area (Å²) in [5.74, 6) is -1.06. The van der Waals surface area contributed by atoms with Crippen LogP contribution in [0.2, 0.25) is 5.02 Å². The van der Waals surface area contributed by atoms with Gasteiger partial charge in [-0.1, -0.05) is 106 Å². The number of carbonyl (C=O) groups is 2. The molecule has 6 nitrogen and oxygen atoms in total. The topological polar surface area (TPSA) is 83.4 Å². The van der Waals surface area contributed by atoms with E-state index in [1.54, 1.807) is 12.1 Å². The van der Waals surface area contributed by atoms with Crippen molar-refractivity contribution in [1.29, 1.82) is 0 Å². The number of Topliss-reactive ketones (excluding diaryl/α,β-unsaturated/α-hetero) is 1. The maximum absolute atomic E-state index is 13.3. The molecule has 0 radical (unpaired) electrons. The van der Waals surface area contributed by atoms with Crippen LogP contribution in [0.4, 0.5) is 5.13 Å². The van der Waals surface area contributed by atoms with Crippen molar-refractivity contribution < 1.29 is 14.7 Å². The van der Waals surface area contributed by atoms with Gasteiger partial charge < -0.3 is 5.11 Å². The van der Waals surface area contributed by atoms with Crippen LogP contribution >= 0.6 is 34.7 Å². The molecule has 0 spiro atoms. The van der Waals surface area contributed by atoms with Gasteiger partial charge >= 0.3 is 5.91 Å². The minimum atomic E-state index is -0.830. The van der Waals surface area contributed by atoms with Gasteiger partial charge in [-0.25, -0.2) is 0 Å². The van der Waals surface area contributed by atoms with Crippen LogP contribution in [0.5, 0.6) is 0 Å². The fraction of sp³-hybridized carbons (Fsp3) is 0.143. The molecule has 5 rings (SSSR count). The number of thioether (sulfide) groups is 1. The highest BCUT2D eigenvalue weighted by molar-refractivity contribution is 8.00. The first-order chi connectivity index (χ1) is 17.8. The Morgan fingerprint density at radius 1 is 0.946 bits per heavy atom. The van der Waals surface area contributed by atoms with E-state index in [-0.39, 0.29) is 11.3 Å². The lowest BCUT2D eigenvalue weighted by Crippen LogP contribution is -2.29. The predicted molar refractivity (Wildman–Crippen MR) is 148 cm³/mol. The Bertz CT molecular complexity index is 1500. The lowest BCUT2D eigenvalue weighted by molar-refractivity contribution is -0.132. The van der Waals surface area contributed by atoms with Gasteiger partial charge in [-0.15, -0.1) is 10.2 Å². The van der Waals surface area contributed by atoms with E-state index in [0.29, 0.717) is 31.4 Å². The van der Waals surface area contributed by atoms with E-state index in [0.717, 1.165) is 16.7 Å². The van der Waals surface area contributed by atoms with Crippen LogP contribution in [0, 0.1) is 13.8 Å². The number of aryl methyl sites for hydroxylation is 2. The molecule has 9 heteroatoms. The summed E-state index contributed by atoms with van der Waals surface area (Å²) in [6, 6.07) is 21.4. The predicted octanol–water partition coefficient (Wildman–Crippen LogP) is 6.73. The highest BCUT2D eigenvalue weighted by Crippen LogP contribution is 2.44. The van der Waals surface area contributed by atoms with E-state index < -0.39 is 17.7 Å². The highest BCUT2D eigenvalue weighted by atomic mass is 35.5. The molecule has 3 aromatic carbocycles. The van der Waals surface area contributed by atoms with Crippen LogP contribution in [0.25, 0.3) is 5.76 Å². The number of aliphatic hydroxyl groups excluding tert-OH is 1. The zero-order valence-electron chi connectivity index (χ0n) is 20.0. The van der Waals surface area contributed by atoms with Crippen molar-refractivity contribution >= 4 is 57.3 Å². The van der Waals surface area contributed by atoms with Crippen LogP contribution in [0.15, 0.2) is 82.7 Å². The maximum atomic E-state index is 13.3. The summed E-state index contributed by atoms with van der Waals surface area (Å²) in [6.45, 7) is 3.90. The molecule has 1 aromatic heterocycles. The van der Waals surface area contributed by atoms with E-state index >= 15 is 0 Å². The molecule has 0 bridgehead atoms. The molecule has 1 N–H and O–H groups in total. The first-order valence-electron chi connectivity index (χ1n) is 11.5. The lowest BCUT2D eigenvalue weighted by Gasteiger charge is -2.22. The molecule has 186 valence electrons. The lowest BCUT2D eigenvalue weighted by atomic mass is 9.94. The monoisotopic (exact) mass is 547 g/mol. The number of aromatic nitrogens is 2. The van der Waals surface area contributed by atoms with Gasteiger partial charge in [-0.05, 0) is 37.1 Å². The smallest absolute Gasteiger partial charge is 0.301 e. The van der Waals surface area contributed by atoms with Crippen molar-refractivity contribution in [3.8, 4) is 0 Å². The number of carbonyl (C=O) groups excluding carboxylic acids is 2. The Kier molecular flexibility index (Phi) is 7.15. The molecule has 1 unspecified atom stereocenters. The summed E-state index contributed by atoms with van der Waals surface area (Å²) in [5.41, 5.74) is 4.33. The Morgan fingerprint density at radius 3 is 2.22 bits per heavy atom. The van der Waals surface area contributed by atoms with Crippen molar-refractivity contribution in [2.24, 2.45) is 0 Å². The molecule has 0 aliphatic carbocycles. The second-order valence-corrected chi connectivity index (χ2v) is 11.3. The first-order valence-corrected chi connectivity index (χ1v) is 13.6. The van der Waals surface area contributed by atoms with Gasteiger partial charge in [0, 0.05) is 16.3 Å².